The van der Waals surface area contributed by atoms with Crippen molar-refractivity contribution >= 4 is 17.5 Å². The molecule has 1 fully saturated rings. The lowest BCUT2D eigenvalue weighted by Gasteiger charge is -2.32. The number of primary amides is 1. The molecular formula is C27H32N6O2. The highest BCUT2D eigenvalue weighted by molar-refractivity contribution is 6.05. The highest BCUT2D eigenvalue weighted by Gasteiger charge is 2.16. The van der Waals surface area contributed by atoms with Crippen LogP contribution in [0.5, 0.6) is 0 Å². The van der Waals surface area contributed by atoms with Crippen molar-refractivity contribution in [3.63, 3.8) is 0 Å². The number of hydrogen-bond acceptors (Lipinski definition) is 6. The minimum atomic E-state index is -0.454. The molecule has 0 spiro atoms. The number of nitrogens with zero attached hydrogens (tertiary/aromatic N) is 4. The fraction of sp³-hybridized carbons (Fsp3) is 0.333. The first-order valence-electron chi connectivity index (χ1n) is 11.8. The number of carbonyl (C=O) groups is 2. The number of aryl methyl sites for hydroxylation is 2. The Balaban J connectivity index is 1.45. The molecule has 4 rings (SSSR count). The SMILES string of the molecule is Cc1cc(NC(=O)c2ccc(C)c(-c3cnc(CC(N)=O)cn3)c2)ccc1CN1CCN(C)CC1. The maximum absolute atomic E-state index is 13.0. The molecule has 182 valence electrons. The molecule has 2 aromatic carbocycles. The maximum Gasteiger partial charge on any atom is 0.255 e. The van der Waals surface area contributed by atoms with Crippen LogP contribution in [-0.4, -0.2) is 64.8 Å². The quantitative estimate of drug-likeness (QED) is 0.548. The summed E-state index contributed by atoms with van der Waals surface area (Å²) in [5.41, 5.74) is 11.9. The predicted octanol–water partition coefficient (Wildman–Crippen LogP) is 2.79. The number of amides is 2. The number of hydrogen-bond donors (Lipinski definition) is 2. The molecular weight excluding hydrogens is 440 g/mol. The third kappa shape index (κ3) is 6.29. The maximum atomic E-state index is 13.0. The van der Waals surface area contributed by atoms with Gasteiger partial charge in [-0.25, -0.2) is 0 Å². The molecule has 35 heavy (non-hydrogen) atoms. The van der Waals surface area contributed by atoms with E-state index in [1.165, 1.54) is 5.56 Å². The van der Waals surface area contributed by atoms with E-state index in [0.29, 0.717) is 17.0 Å². The molecule has 0 aliphatic carbocycles. The Morgan fingerprint density at radius 2 is 1.74 bits per heavy atom. The topological polar surface area (TPSA) is 104 Å². The summed E-state index contributed by atoms with van der Waals surface area (Å²) in [5, 5.41) is 3.02. The second-order valence-electron chi connectivity index (χ2n) is 9.24. The summed E-state index contributed by atoms with van der Waals surface area (Å²) in [6.45, 7) is 9.30. The summed E-state index contributed by atoms with van der Waals surface area (Å²) in [5.74, 6) is -0.639. The minimum absolute atomic E-state index is 0.0439. The minimum Gasteiger partial charge on any atom is -0.369 e. The first-order valence-corrected chi connectivity index (χ1v) is 11.8. The number of piperazine rings is 1. The van der Waals surface area contributed by atoms with Crippen molar-refractivity contribution in [2.24, 2.45) is 5.73 Å². The number of rotatable bonds is 7. The van der Waals surface area contributed by atoms with Crippen LogP contribution in [0.25, 0.3) is 11.3 Å². The van der Waals surface area contributed by atoms with Crippen LogP contribution >= 0.6 is 0 Å². The van der Waals surface area contributed by atoms with Gasteiger partial charge in [0.05, 0.1) is 24.0 Å². The van der Waals surface area contributed by atoms with E-state index in [0.717, 1.165) is 55.1 Å². The Hall–Kier alpha value is -3.62. The van der Waals surface area contributed by atoms with Gasteiger partial charge in [-0.1, -0.05) is 12.1 Å². The number of nitrogens with one attached hydrogen (secondary N) is 1. The Bertz CT molecular complexity index is 1220. The van der Waals surface area contributed by atoms with Gasteiger partial charge < -0.3 is 16.0 Å². The van der Waals surface area contributed by atoms with Crippen LogP contribution in [0.4, 0.5) is 5.69 Å². The number of anilines is 1. The van der Waals surface area contributed by atoms with Crippen LogP contribution in [0.2, 0.25) is 0 Å². The summed E-state index contributed by atoms with van der Waals surface area (Å²) in [4.78, 5) is 37.6. The monoisotopic (exact) mass is 472 g/mol. The van der Waals surface area contributed by atoms with E-state index >= 15 is 0 Å². The highest BCUT2D eigenvalue weighted by Crippen LogP contribution is 2.24. The molecule has 0 saturated carbocycles. The third-order valence-corrected chi connectivity index (χ3v) is 6.43. The lowest BCUT2D eigenvalue weighted by molar-refractivity contribution is -0.117. The second-order valence-corrected chi connectivity index (χ2v) is 9.24. The van der Waals surface area contributed by atoms with Gasteiger partial charge >= 0.3 is 0 Å². The number of aromatic nitrogens is 2. The van der Waals surface area contributed by atoms with E-state index in [4.69, 9.17) is 5.73 Å². The largest absolute Gasteiger partial charge is 0.369 e. The van der Waals surface area contributed by atoms with Gasteiger partial charge in [0.2, 0.25) is 5.91 Å². The molecule has 0 bridgehead atoms. The zero-order valence-corrected chi connectivity index (χ0v) is 20.5. The predicted molar refractivity (Wildman–Crippen MR) is 137 cm³/mol. The molecule has 8 heteroatoms. The zero-order valence-electron chi connectivity index (χ0n) is 20.5. The van der Waals surface area contributed by atoms with Crippen molar-refractivity contribution in [1.82, 2.24) is 19.8 Å². The van der Waals surface area contributed by atoms with E-state index in [2.05, 4.69) is 45.1 Å². The highest BCUT2D eigenvalue weighted by atomic mass is 16.2. The number of benzene rings is 2. The molecule has 2 heterocycles. The first-order chi connectivity index (χ1) is 16.8. The van der Waals surface area contributed by atoms with Gasteiger partial charge in [0.15, 0.2) is 0 Å². The molecule has 3 N–H and O–H groups in total. The average molecular weight is 473 g/mol. The number of nitrogens with two attached hydrogens (primary N) is 1. The summed E-state index contributed by atoms with van der Waals surface area (Å²) >= 11 is 0. The molecule has 1 aliphatic rings. The van der Waals surface area contributed by atoms with Crippen molar-refractivity contribution in [2.75, 3.05) is 38.5 Å². The first kappa shape index (κ1) is 24.5. The van der Waals surface area contributed by atoms with E-state index in [-0.39, 0.29) is 12.3 Å². The zero-order chi connectivity index (χ0) is 24.9. The molecule has 1 aromatic heterocycles. The van der Waals surface area contributed by atoms with Gasteiger partial charge in [-0.3, -0.25) is 24.5 Å². The molecule has 3 aromatic rings. The van der Waals surface area contributed by atoms with Crippen molar-refractivity contribution < 1.29 is 9.59 Å². The van der Waals surface area contributed by atoms with Crippen LogP contribution in [0.1, 0.15) is 32.7 Å². The van der Waals surface area contributed by atoms with E-state index < -0.39 is 5.91 Å². The summed E-state index contributed by atoms with van der Waals surface area (Å²) < 4.78 is 0. The normalized spacial score (nSPS) is 14.6. The summed E-state index contributed by atoms with van der Waals surface area (Å²) in [6, 6.07) is 11.6. The van der Waals surface area contributed by atoms with Crippen LogP contribution in [0.15, 0.2) is 48.8 Å². The van der Waals surface area contributed by atoms with Gasteiger partial charge in [0.1, 0.15) is 0 Å². The fourth-order valence-electron chi connectivity index (χ4n) is 4.20. The standard InChI is InChI=1S/C27H32N6O2/c1-18-4-5-20(13-24(18)25-16-29-23(15-30-25)14-26(28)34)27(35)31-22-7-6-21(19(2)12-22)17-33-10-8-32(3)9-11-33/h4-7,12-13,15-16H,8-11,14,17H2,1-3H3,(H2,28,34)(H,31,35). The Morgan fingerprint density at radius 1 is 0.971 bits per heavy atom. The van der Waals surface area contributed by atoms with Gasteiger partial charge in [-0.15, -0.1) is 0 Å². The van der Waals surface area contributed by atoms with E-state index in [1.807, 2.05) is 31.2 Å². The Morgan fingerprint density at radius 3 is 2.40 bits per heavy atom. The van der Waals surface area contributed by atoms with Gasteiger partial charge in [0.25, 0.3) is 5.91 Å². The molecule has 0 atom stereocenters. The molecule has 0 radical (unpaired) electrons. The van der Waals surface area contributed by atoms with Crippen molar-refractivity contribution in [2.45, 2.75) is 26.8 Å². The van der Waals surface area contributed by atoms with Crippen molar-refractivity contribution in [3.05, 3.63) is 76.7 Å². The van der Waals surface area contributed by atoms with Crippen LogP contribution in [-0.2, 0) is 17.8 Å². The smallest absolute Gasteiger partial charge is 0.255 e. The second kappa shape index (κ2) is 10.8. The number of likely N-dealkylation sites (N-methyl/N-ethyl adjacent to an activating group) is 1. The van der Waals surface area contributed by atoms with E-state index in [9.17, 15) is 9.59 Å². The average Bonchev–Trinajstić information content (AvgIpc) is 2.83. The van der Waals surface area contributed by atoms with Gasteiger partial charge in [0, 0.05) is 55.7 Å². The molecule has 1 aliphatic heterocycles. The van der Waals surface area contributed by atoms with Crippen LogP contribution < -0.4 is 11.1 Å². The third-order valence-electron chi connectivity index (χ3n) is 6.43. The van der Waals surface area contributed by atoms with Crippen molar-refractivity contribution in [1.29, 1.82) is 0 Å². The molecule has 1 saturated heterocycles. The van der Waals surface area contributed by atoms with Crippen LogP contribution in [0.3, 0.4) is 0 Å². The molecule has 2 amide bonds. The summed E-state index contributed by atoms with van der Waals surface area (Å²) in [7, 11) is 2.16. The number of carbonyl (C=O) groups excluding carboxylic acids is 2. The van der Waals surface area contributed by atoms with Crippen molar-refractivity contribution in [3.8, 4) is 11.3 Å². The lowest BCUT2D eigenvalue weighted by Crippen LogP contribution is -2.43. The van der Waals surface area contributed by atoms with Crippen LogP contribution in [0, 0.1) is 13.8 Å². The van der Waals surface area contributed by atoms with Gasteiger partial charge in [-0.05, 0) is 61.9 Å². The Kier molecular flexibility index (Phi) is 7.53. The molecule has 8 nitrogen and oxygen atoms in total. The van der Waals surface area contributed by atoms with Gasteiger partial charge in [-0.2, -0.15) is 0 Å². The Labute approximate surface area is 206 Å². The molecule has 0 unspecified atom stereocenters. The fourth-order valence-corrected chi connectivity index (χ4v) is 4.20. The summed E-state index contributed by atoms with van der Waals surface area (Å²) in [6.07, 6.45) is 3.19. The lowest BCUT2D eigenvalue weighted by atomic mass is 10.0. The van der Waals surface area contributed by atoms with E-state index in [1.54, 1.807) is 18.5 Å².